The molecule has 4 saturated heterocycles. The Labute approximate surface area is 291 Å². The van der Waals surface area contributed by atoms with Gasteiger partial charge in [-0.15, -0.1) is 13.2 Å². The number of rotatable bonds is 16. The molecule has 5 rings (SSSR count). The van der Waals surface area contributed by atoms with E-state index in [1.165, 1.54) is 0 Å². The minimum Gasteiger partial charge on any atom is -0.494 e. The van der Waals surface area contributed by atoms with Gasteiger partial charge in [0.15, 0.2) is 0 Å². The number of hydrogen-bond acceptors (Lipinski definition) is 8. The minimum absolute atomic E-state index is 0.120. The van der Waals surface area contributed by atoms with Crippen molar-refractivity contribution in [2.75, 3.05) is 70.6 Å². The standard InChI is InChI=1S/C38H56N4O7/c1-8-15-40(18-17-39-19-21-47-22-20-39)36(46)33-38-24-27(6)37(7,49-38)31(32(38)35(45)42(33)29(25-43)23-26(4)5)34(44)41(16-9-2)28-11-13-30(14-12-28)48-10-3/h8-9,11-14,26-27,29,31-33,43H,1-2,10,15-25H2,3-7H3/t27?,29-,31-,32+,33?,37+,38?/m1/s1. The first kappa shape index (κ1) is 37.0. The number of aliphatic hydroxyl groups is 1. The summed E-state index contributed by atoms with van der Waals surface area (Å²) < 4.78 is 18.2. The number of likely N-dealkylation sites (tertiary alicyclic amines) is 1. The average molecular weight is 681 g/mol. The highest BCUT2D eigenvalue weighted by Gasteiger charge is 2.80. The second-order valence-electron chi connectivity index (χ2n) is 14.6. The maximum absolute atomic E-state index is 15.0. The Morgan fingerprint density at radius 2 is 1.80 bits per heavy atom. The fourth-order valence-electron chi connectivity index (χ4n) is 8.76. The van der Waals surface area contributed by atoms with E-state index >= 15 is 0 Å². The highest BCUT2D eigenvalue weighted by atomic mass is 16.5. The number of amides is 3. The van der Waals surface area contributed by atoms with Crippen molar-refractivity contribution in [2.24, 2.45) is 23.7 Å². The third-order valence-electron chi connectivity index (χ3n) is 11.1. The van der Waals surface area contributed by atoms with Crippen molar-refractivity contribution >= 4 is 23.4 Å². The van der Waals surface area contributed by atoms with Crippen molar-refractivity contribution in [1.82, 2.24) is 14.7 Å². The largest absolute Gasteiger partial charge is 0.494 e. The van der Waals surface area contributed by atoms with E-state index < -0.39 is 35.1 Å². The molecule has 2 bridgehead atoms. The van der Waals surface area contributed by atoms with Gasteiger partial charge in [-0.05, 0) is 62.8 Å². The maximum Gasteiger partial charge on any atom is 0.248 e. The molecular formula is C38H56N4O7. The third-order valence-corrected chi connectivity index (χ3v) is 11.1. The van der Waals surface area contributed by atoms with Crippen LogP contribution in [0.25, 0.3) is 0 Å². The fraction of sp³-hybridized carbons (Fsp3) is 0.658. The summed E-state index contributed by atoms with van der Waals surface area (Å²) in [6.45, 7) is 22.5. The van der Waals surface area contributed by atoms with Crippen molar-refractivity contribution in [2.45, 2.75) is 70.7 Å². The fourth-order valence-corrected chi connectivity index (χ4v) is 8.76. The second kappa shape index (κ2) is 15.3. The third kappa shape index (κ3) is 6.79. The van der Waals surface area contributed by atoms with Gasteiger partial charge < -0.3 is 34.0 Å². The van der Waals surface area contributed by atoms with Crippen LogP contribution in [0.15, 0.2) is 49.6 Å². The van der Waals surface area contributed by atoms with Crippen molar-refractivity contribution in [3.63, 3.8) is 0 Å². The lowest BCUT2D eigenvalue weighted by Crippen LogP contribution is -2.59. The SMILES string of the molecule is C=CCN(CCN1CCOCC1)C(=O)C1N([C@@H](CO)CC(C)C)C(=O)[C@@H]2[C@H](C(=O)N(CC=C)c3ccc(OCC)cc3)[C@@]3(C)OC12CC3C. The molecular weight excluding hydrogens is 624 g/mol. The second-order valence-corrected chi connectivity index (χ2v) is 14.6. The van der Waals surface area contributed by atoms with Crippen LogP contribution in [0, 0.1) is 23.7 Å². The van der Waals surface area contributed by atoms with Crippen LogP contribution < -0.4 is 9.64 Å². The summed E-state index contributed by atoms with van der Waals surface area (Å²) in [6, 6.07) is 5.72. The maximum atomic E-state index is 15.0. The van der Waals surface area contributed by atoms with Gasteiger partial charge in [0.1, 0.15) is 17.4 Å². The van der Waals surface area contributed by atoms with Gasteiger partial charge in [0, 0.05) is 45.0 Å². The lowest BCUT2D eigenvalue weighted by Gasteiger charge is -2.40. The molecule has 0 radical (unpaired) electrons. The topological polar surface area (TPSA) is 112 Å². The summed E-state index contributed by atoms with van der Waals surface area (Å²) in [5.41, 5.74) is -1.56. The molecule has 3 unspecified atom stereocenters. The molecule has 1 aromatic rings. The van der Waals surface area contributed by atoms with Gasteiger partial charge in [-0.3, -0.25) is 19.3 Å². The van der Waals surface area contributed by atoms with Gasteiger partial charge in [-0.2, -0.15) is 0 Å². The zero-order valence-corrected chi connectivity index (χ0v) is 30.0. The molecule has 7 atom stereocenters. The Kier molecular flexibility index (Phi) is 11.6. The molecule has 4 aliphatic heterocycles. The normalized spacial score (nSPS) is 29.9. The van der Waals surface area contributed by atoms with Crippen LogP contribution in [-0.2, 0) is 23.9 Å². The summed E-state index contributed by atoms with van der Waals surface area (Å²) in [5.74, 6) is -1.80. The minimum atomic E-state index is -1.23. The van der Waals surface area contributed by atoms with Gasteiger partial charge >= 0.3 is 0 Å². The quantitative estimate of drug-likeness (QED) is 0.265. The highest BCUT2D eigenvalue weighted by molar-refractivity contribution is 6.03. The van der Waals surface area contributed by atoms with E-state index in [4.69, 9.17) is 14.2 Å². The van der Waals surface area contributed by atoms with E-state index in [9.17, 15) is 19.5 Å². The molecule has 0 aromatic heterocycles. The number of aliphatic hydroxyl groups excluding tert-OH is 1. The summed E-state index contributed by atoms with van der Waals surface area (Å²) in [5, 5.41) is 10.8. The Morgan fingerprint density at radius 1 is 1.12 bits per heavy atom. The first-order valence-electron chi connectivity index (χ1n) is 17.9. The lowest BCUT2D eigenvalue weighted by atomic mass is 9.62. The molecule has 49 heavy (non-hydrogen) atoms. The van der Waals surface area contributed by atoms with Crippen LogP contribution in [0.2, 0.25) is 0 Å². The van der Waals surface area contributed by atoms with Crippen LogP contribution in [0.4, 0.5) is 5.69 Å². The van der Waals surface area contributed by atoms with E-state index in [-0.39, 0.29) is 42.7 Å². The van der Waals surface area contributed by atoms with Gasteiger partial charge in [-0.25, -0.2) is 0 Å². The van der Waals surface area contributed by atoms with Gasteiger partial charge in [0.25, 0.3) is 0 Å². The zero-order chi connectivity index (χ0) is 35.5. The Balaban J connectivity index is 1.56. The van der Waals surface area contributed by atoms with E-state index in [1.807, 2.05) is 58.9 Å². The van der Waals surface area contributed by atoms with Gasteiger partial charge in [0.05, 0.1) is 49.9 Å². The number of ether oxygens (including phenoxy) is 3. The summed E-state index contributed by atoms with van der Waals surface area (Å²) in [7, 11) is 0. The molecule has 0 aliphatic carbocycles. The summed E-state index contributed by atoms with van der Waals surface area (Å²) >= 11 is 0. The van der Waals surface area contributed by atoms with Gasteiger partial charge in [0.2, 0.25) is 17.7 Å². The lowest BCUT2D eigenvalue weighted by molar-refractivity contribution is -0.156. The van der Waals surface area contributed by atoms with Crippen LogP contribution in [0.5, 0.6) is 5.75 Å². The highest BCUT2D eigenvalue weighted by Crippen LogP contribution is 2.66. The predicted octanol–water partition coefficient (Wildman–Crippen LogP) is 3.37. The molecule has 0 saturated carbocycles. The number of benzene rings is 1. The molecule has 4 heterocycles. The van der Waals surface area contributed by atoms with E-state index in [2.05, 4.69) is 18.1 Å². The molecule has 1 spiro atoms. The molecule has 3 amide bonds. The van der Waals surface area contributed by atoms with Crippen LogP contribution in [-0.4, -0.2) is 127 Å². The Morgan fingerprint density at radius 3 is 2.39 bits per heavy atom. The van der Waals surface area contributed by atoms with E-state index in [1.54, 1.807) is 26.9 Å². The number of fused-ring (bicyclic) bond motifs is 1. The average Bonchev–Trinajstić information content (AvgIpc) is 3.61. The van der Waals surface area contributed by atoms with E-state index in [0.29, 0.717) is 63.7 Å². The number of anilines is 1. The first-order chi connectivity index (χ1) is 23.5. The first-order valence-corrected chi connectivity index (χ1v) is 17.9. The van der Waals surface area contributed by atoms with Crippen molar-refractivity contribution in [3.05, 3.63) is 49.6 Å². The number of carbonyl (C=O) groups excluding carboxylic acids is 3. The van der Waals surface area contributed by atoms with Crippen LogP contribution in [0.3, 0.4) is 0 Å². The predicted molar refractivity (Wildman–Crippen MR) is 188 cm³/mol. The monoisotopic (exact) mass is 680 g/mol. The molecule has 4 aliphatic rings. The Hall–Kier alpha value is -3.25. The molecule has 4 fully saturated rings. The van der Waals surface area contributed by atoms with Gasteiger partial charge in [-0.1, -0.05) is 32.9 Å². The van der Waals surface area contributed by atoms with Crippen molar-refractivity contribution in [1.29, 1.82) is 0 Å². The van der Waals surface area contributed by atoms with E-state index in [0.717, 1.165) is 13.1 Å². The van der Waals surface area contributed by atoms with Crippen LogP contribution in [0.1, 0.15) is 47.5 Å². The number of morpholine rings is 1. The zero-order valence-electron chi connectivity index (χ0n) is 30.0. The van der Waals surface area contributed by atoms with Crippen LogP contribution >= 0.6 is 0 Å². The summed E-state index contributed by atoms with van der Waals surface area (Å²) in [4.78, 5) is 52.1. The number of carbonyl (C=O) groups is 3. The summed E-state index contributed by atoms with van der Waals surface area (Å²) in [6.07, 6.45) is 4.33. The molecule has 11 nitrogen and oxygen atoms in total. The van der Waals surface area contributed by atoms with Crippen molar-refractivity contribution < 1.29 is 33.7 Å². The molecule has 270 valence electrons. The smallest absolute Gasteiger partial charge is 0.248 e. The Bertz CT molecular complexity index is 1360. The number of nitrogens with zero attached hydrogens (tertiary/aromatic N) is 4. The molecule has 1 aromatic carbocycles. The van der Waals surface area contributed by atoms with Crippen molar-refractivity contribution in [3.8, 4) is 5.75 Å². The number of hydrogen-bond donors (Lipinski definition) is 1. The molecule has 1 N–H and O–H groups in total. The molecule has 11 heteroatoms.